The fourth-order valence-electron chi connectivity index (χ4n) is 2.01. The third kappa shape index (κ3) is 3.21. The Bertz CT molecular complexity index is 564. The first-order valence-corrected chi connectivity index (χ1v) is 7.86. The summed E-state index contributed by atoms with van der Waals surface area (Å²) in [6.45, 7) is 2.95. The van der Waals surface area contributed by atoms with Gasteiger partial charge in [0.1, 0.15) is 0 Å². The molecule has 102 valence electrons. The van der Waals surface area contributed by atoms with Crippen LogP contribution in [0.5, 0.6) is 0 Å². The van der Waals surface area contributed by atoms with Crippen LogP contribution in [0.2, 0.25) is 5.02 Å². The maximum absolute atomic E-state index is 6.06. The Balaban J connectivity index is 2.48. The molecule has 6 heteroatoms. The Morgan fingerprint density at radius 2 is 2.11 bits per heavy atom. The van der Waals surface area contributed by atoms with Crippen LogP contribution in [0.3, 0.4) is 0 Å². The Labute approximate surface area is 134 Å². The van der Waals surface area contributed by atoms with Gasteiger partial charge in [0.05, 0.1) is 27.4 Å². The summed E-state index contributed by atoms with van der Waals surface area (Å²) in [5, 5.41) is 8.46. The second kappa shape index (κ2) is 6.39. The molecule has 0 spiro atoms. The van der Waals surface area contributed by atoms with Crippen LogP contribution < -0.4 is 5.32 Å². The molecule has 2 rings (SSSR count). The Hall–Kier alpha value is -0.360. The van der Waals surface area contributed by atoms with Gasteiger partial charge in [-0.2, -0.15) is 5.10 Å². The van der Waals surface area contributed by atoms with Crippen LogP contribution in [0.25, 0.3) is 0 Å². The van der Waals surface area contributed by atoms with Gasteiger partial charge in [0.25, 0.3) is 0 Å². The second-order valence-corrected chi connectivity index (χ2v) is 6.28. The number of aromatic nitrogens is 2. The summed E-state index contributed by atoms with van der Waals surface area (Å²) in [5.41, 5.74) is 2.23. The van der Waals surface area contributed by atoms with Gasteiger partial charge < -0.3 is 5.32 Å². The molecule has 1 aromatic heterocycles. The topological polar surface area (TPSA) is 29.9 Å². The first-order chi connectivity index (χ1) is 9.04. The van der Waals surface area contributed by atoms with Crippen molar-refractivity contribution in [1.29, 1.82) is 0 Å². The van der Waals surface area contributed by atoms with Crippen LogP contribution in [0.15, 0.2) is 33.3 Å². The standard InChI is InChI=1S/C13H14Br2ClN3/c1-3-17-12(13-10(15)7-18-19(13)2)8-4-5-11(16)9(14)6-8/h4-7,12,17H,3H2,1-2H3. The smallest absolute Gasteiger partial charge is 0.0760 e. The molecule has 19 heavy (non-hydrogen) atoms. The number of nitrogens with zero attached hydrogens (tertiary/aromatic N) is 2. The van der Waals surface area contributed by atoms with E-state index in [1.54, 1.807) is 0 Å². The molecule has 0 aliphatic carbocycles. The first kappa shape index (κ1) is 15.0. The van der Waals surface area contributed by atoms with Gasteiger partial charge in [0.15, 0.2) is 0 Å². The van der Waals surface area contributed by atoms with E-state index in [0.29, 0.717) is 5.02 Å². The Morgan fingerprint density at radius 3 is 2.63 bits per heavy atom. The Morgan fingerprint density at radius 1 is 1.37 bits per heavy atom. The summed E-state index contributed by atoms with van der Waals surface area (Å²) in [5.74, 6) is 0. The van der Waals surface area contributed by atoms with Crippen LogP contribution >= 0.6 is 43.5 Å². The van der Waals surface area contributed by atoms with Gasteiger partial charge in [-0.25, -0.2) is 0 Å². The average Bonchev–Trinajstić information content (AvgIpc) is 2.70. The number of hydrogen-bond donors (Lipinski definition) is 1. The van der Waals surface area contributed by atoms with E-state index in [4.69, 9.17) is 11.6 Å². The number of rotatable bonds is 4. The zero-order valence-corrected chi connectivity index (χ0v) is 14.6. The quantitative estimate of drug-likeness (QED) is 0.819. The lowest BCUT2D eigenvalue weighted by atomic mass is 10.0. The highest BCUT2D eigenvalue weighted by Gasteiger charge is 2.20. The van der Waals surface area contributed by atoms with Crippen LogP contribution in [-0.4, -0.2) is 16.3 Å². The second-order valence-electron chi connectivity index (χ2n) is 4.17. The van der Waals surface area contributed by atoms with Crippen LogP contribution in [0, 0.1) is 0 Å². The molecule has 0 aliphatic rings. The zero-order valence-electron chi connectivity index (χ0n) is 10.6. The molecule has 0 fully saturated rings. The van der Waals surface area contributed by atoms with Gasteiger partial charge in [-0.15, -0.1) is 0 Å². The molecule has 1 N–H and O–H groups in total. The maximum atomic E-state index is 6.06. The van der Waals surface area contributed by atoms with E-state index in [1.807, 2.05) is 36.1 Å². The summed E-state index contributed by atoms with van der Waals surface area (Å²) in [4.78, 5) is 0. The third-order valence-electron chi connectivity index (χ3n) is 2.90. The van der Waals surface area contributed by atoms with E-state index >= 15 is 0 Å². The van der Waals surface area contributed by atoms with Crippen molar-refractivity contribution < 1.29 is 0 Å². The molecular formula is C13H14Br2ClN3. The highest BCUT2D eigenvalue weighted by atomic mass is 79.9. The van der Waals surface area contributed by atoms with Crippen LogP contribution in [0.4, 0.5) is 0 Å². The third-order valence-corrected chi connectivity index (χ3v) is 4.72. The largest absolute Gasteiger partial charge is 0.305 e. The summed E-state index contributed by atoms with van der Waals surface area (Å²) < 4.78 is 3.76. The van der Waals surface area contributed by atoms with Gasteiger partial charge >= 0.3 is 0 Å². The number of hydrogen-bond acceptors (Lipinski definition) is 2. The summed E-state index contributed by atoms with van der Waals surface area (Å²) >= 11 is 13.1. The van der Waals surface area contributed by atoms with Gasteiger partial charge in [-0.1, -0.05) is 24.6 Å². The lowest BCUT2D eigenvalue weighted by Gasteiger charge is -2.20. The number of benzene rings is 1. The van der Waals surface area contributed by atoms with Crippen molar-refractivity contribution in [2.75, 3.05) is 6.54 Å². The fraction of sp³-hybridized carbons (Fsp3) is 0.308. The van der Waals surface area contributed by atoms with E-state index in [1.165, 1.54) is 0 Å². The number of halogens is 3. The molecule has 1 heterocycles. The Kier molecular flexibility index (Phi) is 5.06. The van der Waals surface area contributed by atoms with E-state index in [9.17, 15) is 0 Å². The minimum atomic E-state index is 0.0699. The van der Waals surface area contributed by atoms with E-state index < -0.39 is 0 Å². The van der Waals surface area contributed by atoms with Crippen molar-refractivity contribution >= 4 is 43.5 Å². The van der Waals surface area contributed by atoms with Crippen molar-refractivity contribution in [3.8, 4) is 0 Å². The van der Waals surface area contributed by atoms with Crippen molar-refractivity contribution in [2.24, 2.45) is 7.05 Å². The minimum absolute atomic E-state index is 0.0699. The summed E-state index contributed by atoms with van der Waals surface area (Å²) in [6, 6.07) is 6.03. The number of aryl methyl sites for hydroxylation is 1. The van der Waals surface area contributed by atoms with Crippen molar-refractivity contribution in [3.63, 3.8) is 0 Å². The molecule has 0 aliphatic heterocycles. The molecular weight excluding hydrogens is 393 g/mol. The normalized spacial score (nSPS) is 12.7. The van der Waals surface area contributed by atoms with E-state index in [0.717, 1.165) is 26.7 Å². The molecule has 0 bridgehead atoms. The van der Waals surface area contributed by atoms with Gasteiger partial charge in [0.2, 0.25) is 0 Å². The zero-order chi connectivity index (χ0) is 14.0. The average molecular weight is 408 g/mol. The maximum Gasteiger partial charge on any atom is 0.0760 e. The van der Waals surface area contributed by atoms with Crippen LogP contribution in [-0.2, 0) is 7.05 Å². The summed E-state index contributed by atoms with van der Waals surface area (Å²) in [7, 11) is 1.94. The van der Waals surface area contributed by atoms with Gasteiger partial charge in [-0.05, 0) is 56.1 Å². The molecule has 2 aromatic rings. The highest BCUT2D eigenvalue weighted by Crippen LogP contribution is 2.31. The molecule has 3 nitrogen and oxygen atoms in total. The van der Waals surface area contributed by atoms with Gasteiger partial charge in [0, 0.05) is 11.5 Å². The lowest BCUT2D eigenvalue weighted by molar-refractivity contribution is 0.570. The van der Waals surface area contributed by atoms with E-state index in [-0.39, 0.29) is 6.04 Å². The number of nitrogens with one attached hydrogen (secondary N) is 1. The van der Waals surface area contributed by atoms with Crippen molar-refractivity contribution in [2.45, 2.75) is 13.0 Å². The molecule has 0 radical (unpaired) electrons. The fourth-order valence-corrected chi connectivity index (χ4v) is 3.10. The molecule has 1 aromatic carbocycles. The molecule has 1 unspecified atom stereocenters. The first-order valence-electron chi connectivity index (χ1n) is 5.90. The van der Waals surface area contributed by atoms with Crippen LogP contribution in [0.1, 0.15) is 24.2 Å². The highest BCUT2D eigenvalue weighted by molar-refractivity contribution is 9.10. The molecule has 0 saturated carbocycles. The molecule has 0 amide bonds. The van der Waals surface area contributed by atoms with Crippen molar-refractivity contribution in [3.05, 3.63) is 49.6 Å². The summed E-state index contributed by atoms with van der Waals surface area (Å²) in [6.07, 6.45) is 1.81. The van der Waals surface area contributed by atoms with E-state index in [2.05, 4.69) is 49.2 Å². The predicted molar refractivity (Wildman–Crippen MR) is 85.6 cm³/mol. The monoisotopic (exact) mass is 405 g/mol. The lowest BCUT2D eigenvalue weighted by Crippen LogP contribution is -2.24. The van der Waals surface area contributed by atoms with Gasteiger partial charge in [-0.3, -0.25) is 4.68 Å². The SMILES string of the molecule is CCNC(c1ccc(Cl)c(Br)c1)c1c(Br)cnn1C. The molecule has 0 saturated heterocycles. The molecule has 1 atom stereocenters. The minimum Gasteiger partial charge on any atom is -0.305 e. The van der Waals surface area contributed by atoms with Crippen molar-refractivity contribution in [1.82, 2.24) is 15.1 Å². The predicted octanol–water partition coefficient (Wildman–Crippen LogP) is 4.30.